The Kier molecular flexibility index (Phi) is 8.97. The van der Waals surface area contributed by atoms with Gasteiger partial charge in [0.15, 0.2) is 0 Å². The molecule has 0 rings (SSSR count). The first-order chi connectivity index (χ1) is 8.46. The molecule has 0 aromatic heterocycles. The minimum atomic E-state index is -0.291. The molecular weight excluding hydrogens is 234 g/mol. The molecule has 18 heavy (non-hydrogen) atoms. The van der Waals surface area contributed by atoms with E-state index < -0.39 is 0 Å². The maximum absolute atomic E-state index is 11.5. The third-order valence-corrected chi connectivity index (χ3v) is 2.87. The number of hydrogen-bond acceptors (Lipinski definition) is 5. The molecule has 0 bridgehead atoms. The molecule has 0 saturated heterocycles. The van der Waals surface area contributed by atoms with Crippen molar-refractivity contribution in [3.05, 3.63) is 0 Å². The summed E-state index contributed by atoms with van der Waals surface area (Å²) in [5.74, 6) is -0.221. The zero-order valence-electron chi connectivity index (χ0n) is 12.2. The van der Waals surface area contributed by atoms with Crippen molar-refractivity contribution in [1.29, 1.82) is 0 Å². The van der Waals surface area contributed by atoms with Crippen molar-refractivity contribution in [3.63, 3.8) is 0 Å². The molecule has 0 aromatic carbocycles. The average molecular weight is 261 g/mol. The zero-order valence-corrected chi connectivity index (χ0v) is 12.2. The van der Waals surface area contributed by atoms with Crippen molar-refractivity contribution in [3.8, 4) is 0 Å². The van der Waals surface area contributed by atoms with E-state index in [4.69, 9.17) is 14.2 Å². The summed E-state index contributed by atoms with van der Waals surface area (Å²) in [5.41, 5.74) is -0.163. The van der Waals surface area contributed by atoms with E-state index in [1.807, 2.05) is 13.8 Å². The Hall–Kier alpha value is -0.650. The minimum absolute atomic E-state index is 0.163. The predicted molar refractivity (Wildman–Crippen MR) is 70.6 cm³/mol. The average Bonchev–Trinajstić information content (AvgIpc) is 2.34. The van der Waals surface area contributed by atoms with Crippen LogP contribution in [0, 0.1) is 0 Å². The van der Waals surface area contributed by atoms with Crippen LogP contribution in [0.4, 0.5) is 0 Å². The molecule has 0 radical (unpaired) electrons. The molecule has 0 amide bonds. The van der Waals surface area contributed by atoms with Gasteiger partial charge in [0.25, 0.3) is 0 Å². The number of carbonyl (C=O) groups excluding carboxylic acids is 1. The second-order valence-electron chi connectivity index (χ2n) is 4.71. The summed E-state index contributed by atoms with van der Waals surface area (Å²) in [7, 11) is 3.44. The highest BCUT2D eigenvalue weighted by molar-refractivity contribution is 5.75. The van der Waals surface area contributed by atoms with E-state index in [9.17, 15) is 4.79 Å². The Morgan fingerprint density at radius 3 is 2.50 bits per heavy atom. The maximum Gasteiger partial charge on any atom is 0.323 e. The number of methoxy groups -OCH3 is 1. The van der Waals surface area contributed by atoms with Crippen LogP contribution >= 0.6 is 0 Å². The van der Waals surface area contributed by atoms with Gasteiger partial charge in [0.05, 0.1) is 12.2 Å². The summed E-state index contributed by atoms with van der Waals surface area (Å²) in [4.78, 5) is 11.5. The van der Waals surface area contributed by atoms with Gasteiger partial charge in [-0.1, -0.05) is 0 Å². The Bertz CT molecular complexity index is 231. The summed E-state index contributed by atoms with van der Waals surface area (Å²) >= 11 is 0. The quantitative estimate of drug-likeness (QED) is 0.475. The summed E-state index contributed by atoms with van der Waals surface area (Å²) in [5, 5.41) is 2.93. The maximum atomic E-state index is 11.5. The van der Waals surface area contributed by atoms with Crippen LogP contribution in [0.25, 0.3) is 0 Å². The second-order valence-corrected chi connectivity index (χ2v) is 4.71. The largest absolute Gasteiger partial charge is 0.465 e. The normalized spacial score (nSPS) is 13.4. The molecule has 5 heteroatoms. The van der Waals surface area contributed by atoms with Gasteiger partial charge in [-0.3, -0.25) is 4.79 Å². The fourth-order valence-corrected chi connectivity index (χ4v) is 1.35. The van der Waals surface area contributed by atoms with Gasteiger partial charge in [-0.15, -0.1) is 0 Å². The Labute approximate surface area is 110 Å². The smallest absolute Gasteiger partial charge is 0.323 e. The van der Waals surface area contributed by atoms with Gasteiger partial charge in [-0.2, -0.15) is 0 Å². The van der Waals surface area contributed by atoms with Crippen molar-refractivity contribution >= 4 is 5.97 Å². The van der Waals surface area contributed by atoms with Gasteiger partial charge in [0.2, 0.25) is 0 Å². The van der Waals surface area contributed by atoms with Crippen molar-refractivity contribution in [1.82, 2.24) is 5.32 Å². The van der Waals surface area contributed by atoms with Crippen molar-refractivity contribution in [2.24, 2.45) is 0 Å². The van der Waals surface area contributed by atoms with Gasteiger partial charge in [0.1, 0.15) is 6.04 Å². The molecule has 0 aromatic rings. The van der Waals surface area contributed by atoms with Crippen molar-refractivity contribution in [2.75, 3.05) is 34.0 Å². The van der Waals surface area contributed by atoms with E-state index in [-0.39, 0.29) is 17.6 Å². The summed E-state index contributed by atoms with van der Waals surface area (Å²) < 4.78 is 15.7. The van der Waals surface area contributed by atoms with Crippen molar-refractivity contribution < 1.29 is 19.0 Å². The number of carbonyl (C=O) groups is 1. The van der Waals surface area contributed by atoms with Crippen LogP contribution < -0.4 is 5.32 Å². The molecule has 0 aliphatic carbocycles. The predicted octanol–water partition coefficient (Wildman–Crippen LogP) is 1.36. The van der Waals surface area contributed by atoms with Crippen LogP contribution in [0.15, 0.2) is 0 Å². The number of rotatable bonds is 10. The third-order valence-electron chi connectivity index (χ3n) is 2.87. The highest BCUT2D eigenvalue weighted by Gasteiger charge is 2.18. The van der Waals surface area contributed by atoms with E-state index in [1.54, 1.807) is 21.1 Å². The molecule has 0 aliphatic rings. The van der Waals surface area contributed by atoms with E-state index in [0.29, 0.717) is 26.2 Å². The molecule has 108 valence electrons. The van der Waals surface area contributed by atoms with Gasteiger partial charge < -0.3 is 19.5 Å². The number of nitrogens with one attached hydrogen (secondary N) is 1. The van der Waals surface area contributed by atoms with Gasteiger partial charge >= 0.3 is 5.97 Å². The molecule has 1 atom stereocenters. The van der Waals surface area contributed by atoms with Gasteiger partial charge in [-0.25, -0.2) is 0 Å². The summed E-state index contributed by atoms with van der Waals surface area (Å²) in [6.07, 6.45) is 1.44. The lowest BCUT2D eigenvalue weighted by molar-refractivity contribution is -0.146. The van der Waals surface area contributed by atoms with E-state index in [2.05, 4.69) is 5.32 Å². The lowest BCUT2D eigenvalue weighted by atomic mass is 10.1. The molecule has 5 nitrogen and oxygen atoms in total. The molecule has 0 spiro atoms. The van der Waals surface area contributed by atoms with Crippen LogP contribution in [0.1, 0.15) is 33.6 Å². The minimum Gasteiger partial charge on any atom is -0.465 e. The molecule has 0 aliphatic heterocycles. The van der Waals surface area contributed by atoms with E-state index >= 15 is 0 Å². The van der Waals surface area contributed by atoms with Crippen LogP contribution in [0.2, 0.25) is 0 Å². The van der Waals surface area contributed by atoms with Crippen molar-refractivity contribution in [2.45, 2.75) is 45.3 Å². The molecule has 1 N–H and O–H groups in total. The Morgan fingerprint density at radius 1 is 1.33 bits per heavy atom. The topological polar surface area (TPSA) is 56.8 Å². The van der Waals surface area contributed by atoms with Crippen LogP contribution in [0.5, 0.6) is 0 Å². The Morgan fingerprint density at radius 2 is 2.00 bits per heavy atom. The first kappa shape index (κ1) is 17.4. The standard InChI is InChI=1S/C13H27NO4/c1-6-18-12(15)11(14-4)7-9-17-10-8-13(2,3)16-5/h11,14H,6-10H2,1-5H3. The molecule has 0 heterocycles. The number of ether oxygens (including phenoxy) is 3. The lowest BCUT2D eigenvalue weighted by Crippen LogP contribution is -2.36. The lowest BCUT2D eigenvalue weighted by Gasteiger charge is -2.22. The molecular formula is C13H27NO4. The van der Waals surface area contributed by atoms with Crippen LogP contribution in [-0.2, 0) is 19.0 Å². The SMILES string of the molecule is CCOC(=O)C(CCOCCC(C)(C)OC)NC. The molecule has 0 fully saturated rings. The molecule has 0 saturated carbocycles. The summed E-state index contributed by atoms with van der Waals surface area (Å²) in [6.45, 7) is 7.40. The highest BCUT2D eigenvalue weighted by Crippen LogP contribution is 2.12. The van der Waals surface area contributed by atoms with E-state index in [1.165, 1.54) is 0 Å². The summed E-state index contributed by atoms with van der Waals surface area (Å²) in [6, 6.07) is -0.291. The van der Waals surface area contributed by atoms with E-state index in [0.717, 1.165) is 6.42 Å². The molecule has 1 unspecified atom stereocenters. The Balaban J connectivity index is 3.72. The van der Waals surface area contributed by atoms with Crippen LogP contribution in [-0.4, -0.2) is 51.6 Å². The monoisotopic (exact) mass is 261 g/mol. The zero-order chi connectivity index (χ0) is 14.0. The van der Waals surface area contributed by atoms with Gasteiger partial charge in [-0.05, 0) is 40.7 Å². The number of likely N-dealkylation sites (N-methyl/N-ethyl adjacent to an activating group) is 1. The second kappa shape index (κ2) is 9.30. The fourth-order valence-electron chi connectivity index (χ4n) is 1.35. The number of hydrogen-bond donors (Lipinski definition) is 1. The van der Waals surface area contributed by atoms with Crippen LogP contribution in [0.3, 0.4) is 0 Å². The first-order valence-electron chi connectivity index (χ1n) is 6.43. The number of esters is 1. The third kappa shape index (κ3) is 7.63. The fraction of sp³-hybridized carbons (Fsp3) is 0.923. The first-order valence-corrected chi connectivity index (χ1v) is 6.43. The highest BCUT2D eigenvalue weighted by atomic mass is 16.5. The van der Waals surface area contributed by atoms with Gasteiger partial charge in [0, 0.05) is 20.3 Å².